The van der Waals surface area contributed by atoms with Gasteiger partial charge in [-0.1, -0.05) is 109 Å². The number of halogens is 1. The Morgan fingerprint density at radius 1 is 0.593 bits per heavy atom. The van der Waals surface area contributed by atoms with Crippen LogP contribution in [-0.4, -0.2) is 21.1 Å². The SMILES string of the molecule is CCCCCCCCCCCCCCCCc1ccccc1[N+](C)(C)C.[Br-]. The lowest BCUT2D eigenvalue weighted by molar-refractivity contribution is -0.00000594. The van der Waals surface area contributed by atoms with Crippen LogP contribution in [0, 0.1) is 0 Å². The molecule has 0 atom stereocenters. The van der Waals surface area contributed by atoms with Crippen LogP contribution in [0.3, 0.4) is 0 Å². The Balaban J connectivity index is 0.00000676. The minimum absolute atomic E-state index is 0. The Labute approximate surface area is 181 Å². The van der Waals surface area contributed by atoms with Crippen molar-refractivity contribution in [2.45, 2.75) is 103 Å². The maximum absolute atomic E-state index is 2.32. The Bertz CT molecular complexity index is 450. The highest BCUT2D eigenvalue weighted by atomic mass is 79.9. The number of unbranched alkanes of at least 4 members (excludes halogenated alkanes) is 13. The summed E-state index contributed by atoms with van der Waals surface area (Å²) in [7, 11) is 6.80. The summed E-state index contributed by atoms with van der Waals surface area (Å²) in [5.74, 6) is 0. The number of aryl methyl sites for hydroxylation is 1. The van der Waals surface area contributed by atoms with E-state index in [2.05, 4.69) is 52.3 Å². The number of rotatable bonds is 16. The van der Waals surface area contributed by atoms with Gasteiger partial charge in [0.15, 0.2) is 0 Å². The highest BCUT2D eigenvalue weighted by Gasteiger charge is 2.16. The number of hydrogen-bond acceptors (Lipinski definition) is 0. The van der Waals surface area contributed by atoms with E-state index in [-0.39, 0.29) is 17.0 Å². The van der Waals surface area contributed by atoms with Gasteiger partial charge in [-0.3, -0.25) is 4.48 Å². The monoisotopic (exact) mass is 439 g/mol. The normalized spacial score (nSPS) is 11.4. The Morgan fingerprint density at radius 2 is 1.00 bits per heavy atom. The fourth-order valence-electron chi connectivity index (χ4n) is 3.89. The van der Waals surface area contributed by atoms with Gasteiger partial charge in [-0.15, -0.1) is 0 Å². The van der Waals surface area contributed by atoms with Crippen LogP contribution in [0.5, 0.6) is 0 Å². The van der Waals surface area contributed by atoms with Crippen molar-refractivity contribution in [1.82, 2.24) is 4.48 Å². The maximum atomic E-state index is 2.32. The lowest BCUT2D eigenvalue weighted by atomic mass is 10.0. The predicted octanol–water partition coefficient (Wildman–Crippen LogP) is 4.91. The van der Waals surface area contributed by atoms with Crippen LogP contribution in [0.2, 0.25) is 0 Å². The van der Waals surface area contributed by atoms with Gasteiger partial charge in [-0.05, 0) is 18.9 Å². The molecule has 1 rings (SSSR count). The van der Waals surface area contributed by atoms with Gasteiger partial charge in [-0.25, -0.2) is 0 Å². The zero-order valence-corrected chi connectivity index (χ0v) is 20.3. The summed E-state index contributed by atoms with van der Waals surface area (Å²) in [5.41, 5.74) is 3.01. The lowest BCUT2D eigenvalue weighted by Gasteiger charge is -2.26. The molecule has 2 heteroatoms. The molecule has 0 amide bonds. The molecular weight excluding hydrogens is 394 g/mol. The first-order valence-electron chi connectivity index (χ1n) is 11.5. The molecule has 0 saturated heterocycles. The fourth-order valence-corrected chi connectivity index (χ4v) is 3.89. The number of hydrogen-bond donors (Lipinski definition) is 0. The van der Waals surface area contributed by atoms with Crippen molar-refractivity contribution >= 4 is 5.69 Å². The summed E-state index contributed by atoms with van der Waals surface area (Å²) < 4.78 is 0.925. The van der Waals surface area contributed by atoms with Crippen LogP contribution in [0.4, 0.5) is 5.69 Å². The summed E-state index contributed by atoms with van der Waals surface area (Å²) in [6.45, 7) is 2.30. The molecule has 27 heavy (non-hydrogen) atoms. The van der Waals surface area contributed by atoms with Crippen molar-refractivity contribution in [2.24, 2.45) is 0 Å². The number of para-hydroxylation sites is 1. The lowest BCUT2D eigenvalue weighted by Crippen LogP contribution is -3.00. The van der Waals surface area contributed by atoms with Gasteiger partial charge in [0.25, 0.3) is 0 Å². The van der Waals surface area contributed by atoms with Gasteiger partial charge in [-0.2, -0.15) is 0 Å². The summed E-state index contributed by atoms with van der Waals surface area (Å²) >= 11 is 0. The summed E-state index contributed by atoms with van der Waals surface area (Å²) in [6.07, 6.45) is 21.3. The standard InChI is InChI=1S/C25H46N.BrH/c1-5-6-7-8-9-10-11-12-13-14-15-16-17-18-21-24-22-19-20-23-25(24)26(2,3)4;/h19-20,22-23H,5-18,21H2,1-4H3;1H/q+1;/p-1. The second-order valence-electron chi connectivity index (χ2n) is 8.99. The molecule has 0 aromatic heterocycles. The third-order valence-electron chi connectivity index (χ3n) is 5.51. The molecule has 0 radical (unpaired) electrons. The van der Waals surface area contributed by atoms with E-state index in [0.717, 1.165) is 4.48 Å². The molecule has 158 valence electrons. The molecule has 0 aliphatic heterocycles. The number of nitrogens with zero attached hydrogens (tertiary/aromatic N) is 1. The zero-order chi connectivity index (χ0) is 19.1. The van der Waals surface area contributed by atoms with Gasteiger partial charge in [0, 0.05) is 5.56 Å². The van der Waals surface area contributed by atoms with Crippen LogP contribution in [0.25, 0.3) is 0 Å². The molecule has 0 aliphatic carbocycles. The Hall–Kier alpha value is -0.340. The topological polar surface area (TPSA) is 0 Å². The van der Waals surface area contributed by atoms with Crippen LogP contribution in [0.1, 0.15) is 102 Å². The molecule has 1 nitrogen and oxygen atoms in total. The van der Waals surface area contributed by atoms with Crippen molar-refractivity contribution in [3.8, 4) is 0 Å². The second-order valence-corrected chi connectivity index (χ2v) is 8.99. The minimum atomic E-state index is 0. The van der Waals surface area contributed by atoms with Gasteiger partial charge in [0.1, 0.15) is 5.69 Å². The van der Waals surface area contributed by atoms with Gasteiger partial charge >= 0.3 is 0 Å². The molecule has 0 unspecified atom stereocenters. The highest BCUT2D eigenvalue weighted by molar-refractivity contribution is 5.49. The van der Waals surface area contributed by atoms with Crippen molar-refractivity contribution in [3.05, 3.63) is 29.8 Å². The van der Waals surface area contributed by atoms with E-state index in [9.17, 15) is 0 Å². The molecule has 0 fully saturated rings. The van der Waals surface area contributed by atoms with Crippen molar-refractivity contribution < 1.29 is 17.0 Å². The summed E-state index contributed by atoms with van der Waals surface area (Å²) in [5, 5.41) is 0. The van der Waals surface area contributed by atoms with Crippen LogP contribution in [-0.2, 0) is 6.42 Å². The van der Waals surface area contributed by atoms with E-state index in [4.69, 9.17) is 0 Å². The first-order chi connectivity index (χ1) is 12.6. The van der Waals surface area contributed by atoms with E-state index in [1.807, 2.05) is 0 Å². The van der Waals surface area contributed by atoms with E-state index in [1.165, 1.54) is 102 Å². The molecular formula is C25H46BrN. The van der Waals surface area contributed by atoms with E-state index < -0.39 is 0 Å². The summed E-state index contributed by atoms with van der Waals surface area (Å²) in [4.78, 5) is 0. The molecule has 0 spiro atoms. The quantitative estimate of drug-likeness (QED) is 0.253. The van der Waals surface area contributed by atoms with Gasteiger partial charge in [0.2, 0.25) is 0 Å². The number of benzene rings is 1. The van der Waals surface area contributed by atoms with Crippen LogP contribution >= 0.6 is 0 Å². The maximum Gasteiger partial charge on any atom is 0.135 e. The fraction of sp³-hybridized carbons (Fsp3) is 0.760. The average molecular weight is 441 g/mol. The Morgan fingerprint density at radius 3 is 1.44 bits per heavy atom. The number of quaternary nitrogens is 1. The predicted molar refractivity (Wildman–Crippen MR) is 120 cm³/mol. The molecule has 0 N–H and O–H groups in total. The zero-order valence-electron chi connectivity index (χ0n) is 18.7. The average Bonchev–Trinajstić information content (AvgIpc) is 2.61. The third kappa shape index (κ3) is 13.5. The van der Waals surface area contributed by atoms with Gasteiger partial charge < -0.3 is 17.0 Å². The molecule has 0 aliphatic rings. The third-order valence-corrected chi connectivity index (χ3v) is 5.51. The first kappa shape index (κ1) is 26.7. The van der Waals surface area contributed by atoms with Crippen LogP contribution < -0.4 is 21.5 Å². The first-order valence-corrected chi connectivity index (χ1v) is 11.5. The minimum Gasteiger partial charge on any atom is -1.00 e. The molecule has 0 heterocycles. The van der Waals surface area contributed by atoms with Crippen molar-refractivity contribution in [2.75, 3.05) is 21.1 Å². The van der Waals surface area contributed by atoms with Crippen molar-refractivity contribution in [1.29, 1.82) is 0 Å². The van der Waals surface area contributed by atoms with E-state index >= 15 is 0 Å². The largest absolute Gasteiger partial charge is 1.00 e. The molecule has 0 saturated carbocycles. The van der Waals surface area contributed by atoms with E-state index in [0.29, 0.717) is 0 Å². The van der Waals surface area contributed by atoms with Crippen LogP contribution in [0.15, 0.2) is 24.3 Å². The van der Waals surface area contributed by atoms with E-state index in [1.54, 1.807) is 5.56 Å². The van der Waals surface area contributed by atoms with Gasteiger partial charge in [0.05, 0.1) is 21.1 Å². The Kier molecular flexibility index (Phi) is 16.4. The van der Waals surface area contributed by atoms with Crippen molar-refractivity contribution in [3.63, 3.8) is 0 Å². The molecule has 1 aromatic carbocycles. The highest BCUT2D eigenvalue weighted by Crippen LogP contribution is 2.24. The molecule has 0 bridgehead atoms. The molecule has 1 aromatic rings. The summed E-state index contributed by atoms with van der Waals surface area (Å²) in [6, 6.07) is 8.98. The smallest absolute Gasteiger partial charge is 0.135 e. The second kappa shape index (κ2) is 16.6.